The summed E-state index contributed by atoms with van der Waals surface area (Å²) >= 11 is 2.80. The van der Waals surface area contributed by atoms with Crippen molar-refractivity contribution in [3.63, 3.8) is 0 Å². The number of hydrogen-bond acceptors (Lipinski definition) is 2. The molecule has 0 saturated heterocycles. The Kier molecular flexibility index (Phi) is 3.61. The van der Waals surface area contributed by atoms with Crippen LogP contribution in [0.2, 0.25) is 0 Å². The van der Waals surface area contributed by atoms with Crippen LogP contribution in [-0.4, -0.2) is 5.78 Å². The molecule has 19 heavy (non-hydrogen) atoms. The van der Waals surface area contributed by atoms with Crippen molar-refractivity contribution in [1.82, 2.24) is 0 Å². The van der Waals surface area contributed by atoms with Gasteiger partial charge in [-0.1, -0.05) is 0 Å². The molecule has 0 saturated carbocycles. The lowest BCUT2D eigenvalue weighted by molar-refractivity contribution is 0.103. The molecule has 0 aromatic heterocycles. The largest absolute Gasteiger partial charge is 0.398 e. The van der Waals surface area contributed by atoms with E-state index in [-0.39, 0.29) is 15.7 Å². The van der Waals surface area contributed by atoms with Gasteiger partial charge in [0.1, 0.15) is 17.5 Å². The number of halogens is 4. The van der Waals surface area contributed by atoms with Crippen molar-refractivity contribution in [3.8, 4) is 0 Å². The smallest absolute Gasteiger partial charge is 0.198 e. The Morgan fingerprint density at radius 3 is 2.37 bits per heavy atom. The fraction of sp³-hybridized carbons (Fsp3) is 0. The molecule has 2 rings (SSSR count). The van der Waals surface area contributed by atoms with Crippen molar-refractivity contribution in [2.75, 3.05) is 5.73 Å². The molecule has 0 amide bonds. The average Bonchev–Trinajstić information content (AvgIpc) is 2.36. The second-order valence-corrected chi connectivity index (χ2v) is 4.66. The van der Waals surface area contributed by atoms with Crippen LogP contribution in [0.25, 0.3) is 0 Å². The zero-order valence-corrected chi connectivity index (χ0v) is 11.0. The van der Waals surface area contributed by atoms with E-state index in [1.807, 2.05) is 0 Å². The van der Waals surface area contributed by atoms with E-state index in [0.29, 0.717) is 0 Å². The number of hydrogen-bond donors (Lipinski definition) is 1. The van der Waals surface area contributed by atoms with E-state index in [1.54, 1.807) is 0 Å². The van der Waals surface area contributed by atoms with Gasteiger partial charge in [0.15, 0.2) is 5.78 Å². The van der Waals surface area contributed by atoms with Crippen LogP contribution in [0.3, 0.4) is 0 Å². The molecule has 2 nitrogen and oxygen atoms in total. The molecule has 2 aromatic rings. The molecule has 0 aliphatic carbocycles. The summed E-state index contributed by atoms with van der Waals surface area (Å²) in [5, 5.41) is 0. The Hall–Kier alpha value is -1.82. The predicted molar refractivity (Wildman–Crippen MR) is 68.3 cm³/mol. The van der Waals surface area contributed by atoms with Crippen LogP contribution in [0.5, 0.6) is 0 Å². The molecule has 2 N–H and O–H groups in total. The number of nitrogens with two attached hydrogens (primary N) is 1. The highest BCUT2D eigenvalue weighted by atomic mass is 79.9. The summed E-state index contributed by atoms with van der Waals surface area (Å²) in [6.45, 7) is 0. The Morgan fingerprint density at radius 2 is 1.68 bits per heavy atom. The van der Waals surface area contributed by atoms with Crippen molar-refractivity contribution in [3.05, 3.63) is 63.4 Å². The molecule has 0 aliphatic heterocycles. The lowest BCUT2D eigenvalue weighted by Crippen LogP contribution is -2.08. The van der Waals surface area contributed by atoms with Crippen LogP contribution in [0.1, 0.15) is 15.9 Å². The maximum atomic E-state index is 13.6. The highest BCUT2D eigenvalue weighted by Gasteiger charge is 2.19. The minimum Gasteiger partial charge on any atom is -0.398 e. The van der Waals surface area contributed by atoms with Crippen LogP contribution in [0.4, 0.5) is 18.9 Å². The van der Waals surface area contributed by atoms with E-state index >= 15 is 0 Å². The molecule has 0 atom stereocenters. The van der Waals surface area contributed by atoms with E-state index < -0.39 is 28.8 Å². The Labute approximate surface area is 115 Å². The van der Waals surface area contributed by atoms with Gasteiger partial charge in [0, 0.05) is 11.3 Å². The summed E-state index contributed by atoms with van der Waals surface area (Å²) in [5.74, 6) is -3.27. The van der Waals surface area contributed by atoms with Gasteiger partial charge in [0.05, 0.1) is 10.0 Å². The van der Waals surface area contributed by atoms with Gasteiger partial charge in [0.2, 0.25) is 0 Å². The van der Waals surface area contributed by atoms with Gasteiger partial charge in [-0.05, 0) is 46.3 Å². The predicted octanol–water partition coefficient (Wildman–Crippen LogP) is 3.68. The van der Waals surface area contributed by atoms with Gasteiger partial charge in [0.25, 0.3) is 0 Å². The summed E-state index contributed by atoms with van der Waals surface area (Å²) in [7, 11) is 0. The first-order valence-corrected chi connectivity index (χ1v) is 5.93. The van der Waals surface area contributed by atoms with E-state index in [2.05, 4.69) is 15.9 Å². The Bertz CT molecular complexity index is 673. The number of ketones is 1. The fourth-order valence-corrected chi connectivity index (χ4v) is 1.88. The maximum Gasteiger partial charge on any atom is 0.198 e. The molecule has 2 aromatic carbocycles. The van der Waals surface area contributed by atoms with Crippen molar-refractivity contribution in [2.45, 2.75) is 0 Å². The Balaban J connectivity index is 2.56. The average molecular weight is 330 g/mol. The van der Waals surface area contributed by atoms with Crippen molar-refractivity contribution >= 4 is 27.4 Å². The molecule has 98 valence electrons. The highest BCUT2D eigenvalue weighted by molar-refractivity contribution is 9.10. The molecule has 0 bridgehead atoms. The molecule has 0 heterocycles. The quantitative estimate of drug-likeness (QED) is 0.519. The summed E-state index contributed by atoms with van der Waals surface area (Å²) in [4.78, 5) is 12.0. The fourth-order valence-electron chi connectivity index (χ4n) is 1.57. The van der Waals surface area contributed by atoms with E-state index in [9.17, 15) is 18.0 Å². The van der Waals surface area contributed by atoms with Gasteiger partial charge < -0.3 is 5.73 Å². The monoisotopic (exact) mass is 329 g/mol. The van der Waals surface area contributed by atoms with Crippen LogP contribution in [0, 0.1) is 17.5 Å². The van der Waals surface area contributed by atoms with E-state index in [0.717, 1.165) is 24.3 Å². The molecular weight excluding hydrogens is 323 g/mol. The number of nitrogen functional groups attached to an aromatic ring is 1. The second-order valence-electron chi connectivity index (χ2n) is 3.81. The van der Waals surface area contributed by atoms with Gasteiger partial charge in [-0.2, -0.15) is 0 Å². The number of anilines is 1. The summed E-state index contributed by atoms with van der Waals surface area (Å²) in [5.41, 5.74) is 4.82. The van der Waals surface area contributed by atoms with E-state index in [4.69, 9.17) is 5.73 Å². The zero-order chi connectivity index (χ0) is 14.2. The maximum absolute atomic E-state index is 13.6. The minimum absolute atomic E-state index is 0.00544. The first-order valence-electron chi connectivity index (χ1n) is 5.14. The highest BCUT2D eigenvalue weighted by Crippen LogP contribution is 2.24. The van der Waals surface area contributed by atoms with E-state index in [1.165, 1.54) is 6.07 Å². The van der Waals surface area contributed by atoms with Crippen molar-refractivity contribution < 1.29 is 18.0 Å². The first-order chi connectivity index (χ1) is 8.90. The number of carbonyl (C=O) groups excluding carboxylic acids is 1. The molecule has 0 unspecified atom stereocenters. The summed E-state index contributed by atoms with van der Waals surface area (Å²) in [6.07, 6.45) is 0. The molecule has 6 heteroatoms. The van der Waals surface area contributed by atoms with Crippen molar-refractivity contribution in [1.29, 1.82) is 0 Å². The topological polar surface area (TPSA) is 43.1 Å². The number of benzene rings is 2. The van der Waals surface area contributed by atoms with Gasteiger partial charge in [-0.15, -0.1) is 0 Å². The first kappa shape index (κ1) is 13.6. The van der Waals surface area contributed by atoms with Crippen LogP contribution in [-0.2, 0) is 0 Å². The van der Waals surface area contributed by atoms with Gasteiger partial charge in [-0.3, -0.25) is 4.79 Å². The number of carbonyl (C=O) groups is 1. The summed E-state index contributed by atoms with van der Waals surface area (Å²) < 4.78 is 40.0. The third-order valence-electron chi connectivity index (χ3n) is 2.51. The SMILES string of the molecule is Nc1ccc(F)cc1C(=O)c1cc(F)c(Br)cc1F. The van der Waals surface area contributed by atoms with Crippen LogP contribution < -0.4 is 5.73 Å². The second kappa shape index (κ2) is 5.05. The van der Waals surface area contributed by atoms with Gasteiger partial charge >= 0.3 is 0 Å². The Morgan fingerprint density at radius 1 is 1.00 bits per heavy atom. The number of rotatable bonds is 2. The molecular formula is C13H7BrF3NO. The molecule has 0 radical (unpaired) electrons. The lowest BCUT2D eigenvalue weighted by Gasteiger charge is -2.07. The van der Waals surface area contributed by atoms with Gasteiger partial charge in [-0.25, -0.2) is 13.2 Å². The molecule has 0 spiro atoms. The van der Waals surface area contributed by atoms with Crippen molar-refractivity contribution in [2.24, 2.45) is 0 Å². The lowest BCUT2D eigenvalue weighted by atomic mass is 10.0. The summed E-state index contributed by atoms with van der Waals surface area (Å²) in [6, 6.07) is 4.72. The molecule has 0 aliphatic rings. The standard InChI is InChI=1S/C13H7BrF3NO/c14-9-5-10(16)7(4-11(9)17)13(19)8-3-6(15)1-2-12(8)18/h1-5H,18H2. The third-order valence-corrected chi connectivity index (χ3v) is 3.12. The molecule has 0 fully saturated rings. The van der Waals surface area contributed by atoms with Crippen LogP contribution in [0.15, 0.2) is 34.8 Å². The normalized spacial score (nSPS) is 10.5. The minimum atomic E-state index is -0.915. The zero-order valence-electron chi connectivity index (χ0n) is 9.38. The van der Waals surface area contributed by atoms with Crippen LogP contribution >= 0.6 is 15.9 Å². The third kappa shape index (κ3) is 2.63.